The largest absolute Gasteiger partial charge is 0.508 e. The number of benzene rings is 2. The molecular formula is C31H40F5N5O8. The number of phenols is 1. The van der Waals surface area contributed by atoms with E-state index in [1.807, 2.05) is 0 Å². The van der Waals surface area contributed by atoms with Gasteiger partial charge in [-0.3, -0.25) is 9.79 Å². The average Bonchev–Trinajstić information content (AvgIpc) is 3.08. The van der Waals surface area contributed by atoms with Crippen LogP contribution in [-0.2, 0) is 23.7 Å². The average molecular weight is 706 g/mol. The van der Waals surface area contributed by atoms with E-state index < -0.39 is 47.2 Å². The predicted octanol–water partition coefficient (Wildman–Crippen LogP) is 4.14. The molecule has 5 N–H and O–H groups in total. The maximum Gasteiger partial charge on any atom is 0.319 e. The van der Waals surface area contributed by atoms with Crippen molar-refractivity contribution in [1.29, 1.82) is 0 Å². The van der Waals surface area contributed by atoms with Gasteiger partial charge in [0.05, 0.1) is 71.5 Å². The third kappa shape index (κ3) is 15.6. The monoisotopic (exact) mass is 705 g/mol. The Balaban J connectivity index is 1.39. The van der Waals surface area contributed by atoms with E-state index in [9.17, 15) is 36.6 Å². The summed E-state index contributed by atoms with van der Waals surface area (Å²) >= 11 is 0. The number of aliphatic imine (C=N–C) groups is 1. The van der Waals surface area contributed by atoms with E-state index >= 15 is 0 Å². The Morgan fingerprint density at radius 3 is 1.98 bits per heavy atom. The minimum Gasteiger partial charge on any atom is -0.508 e. The van der Waals surface area contributed by atoms with Crippen molar-refractivity contribution in [2.24, 2.45) is 15.9 Å². The summed E-state index contributed by atoms with van der Waals surface area (Å²) < 4.78 is 91.9. The maximum absolute atomic E-state index is 13.5. The minimum atomic E-state index is -2.36. The summed E-state index contributed by atoms with van der Waals surface area (Å²) in [5.74, 6) is -8.61. The van der Waals surface area contributed by atoms with Crippen LogP contribution in [0, 0.1) is 36.0 Å². The number of carbonyl (C=O) groups excluding carboxylic acids is 2. The number of hydrogen-bond donors (Lipinski definition) is 4. The number of ether oxygens (including phenoxy) is 5. The molecule has 2 rings (SSSR count). The molecule has 272 valence electrons. The summed E-state index contributed by atoms with van der Waals surface area (Å²) in [6, 6.07) is 4.46. The SMILES string of the molecule is Cc1cc(NC(=O)NCCCCC(C=NCCOCCOCCOCCOCCC(=O)Oc2c(F)c(F)c(F)c(F)c2F)=NN)ccc1O. The number of anilines is 1. The second-order valence-electron chi connectivity index (χ2n) is 10.1. The van der Waals surface area contributed by atoms with Gasteiger partial charge >= 0.3 is 12.0 Å². The molecule has 0 aromatic heterocycles. The van der Waals surface area contributed by atoms with E-state index in [-0.39, 0.29) is 44.8 Å². The first-order chi connectivity index (χ1) is 23.5. The number of nitrogens with zero attached hydrogens (tertiary/aromatic N) is 2. The molecule has 0 spiro atoms. The van der Waals surface area contributed by atoms with Crippen molar-refractivity contribution in [2.45, 2.75) is 32.6 Å². The summed E-state index contributed by atoms with van der Waals surface area (Å²) in [5, 5.41) is 18.7. The lowest BCUT2D eigenvalue weighted by molar-refractivity contribution is -0.136. The van der Waals surface area contributed by atoms with Gasteiger partial charge in [0.25, 0.3) is 0 Å². The first-order valence-electron chi connectivity index (χ1n) is 15.2. The Labute approximate surface area is 279 Å². The second-order valence-corrected chi connectivity index (χ2v) is 10.1. The van der Waals surface area contributed by atoms with Crippen LogP contribution in [0.5, 0.6) is 11.5 Å². The van der Waals surface area contributed by atoms with E-state index in [0.29, 0.717) is 62.7 Å². The summed E-state index contributed by atoms with van der Waals surface area (Å²) in [7, 11) is 0. The lowest BCUT2D eigenvalue weighted by atomic mass is 10.2. The van der Waals surface area contributed by atoms with Gasteiger partial charge < -0.3 is 45.3 Å². The molecule has 2 amide bonds. The Morgan fingerprint density at radius 1 is 0.816 bits per heavy atom. The molecule has 0 saturated carbocycles. The van der Waals surface area contributed by atoms with Gasteiger partial charge in [0.2, 0.25) is 34.8 Å². The zero-order chi connectivity index (χ0) is 36.0. The predicted molar refractivity (Wildman–Crippen MR) is 168 cm³/mol. The molecular weight excluding hydrogens is 665 g/mol. The molecule has 0 aliphatic heterocycles. The molecule has 2 aromatic rings. The van der Waals surface area contributed by atoms with Crippen LogP contribution >= 0.6 is 0 Å². The van der Waals surface area contributed by atoms with Crippen LogP contribution < -0.4 is 21.2 Å². The van der Waals surface area contributed by atoms with Gasteiger partial charge in [0.15, 0.2) is 0 Å². The standard InChI is InChI=1S/C31H40F5N5O8/c1-20-18-21(5-6-23(20)42)40-31(44)39-8-3-2-4-22(41-37)19-38-9-11-46-13-15-48-17-16-47-14-12-45-10-7-24(43)49-30-28(35)26(33)25(32)27(34)29(30)36/h5-6,18-19,42H,2-4,7-17,37H2,1H3,(H2,39,40,44). The number of hydrazone groups is 1. The summed E-state index contributed by atoms with van der Waals surface area (Å²) in [5.41, 5.74) is 1.86. The van der Waals surface area contributed by atoms with Gasteiger partial charge in [-0.1, -0.05) is 0 Å². The van der Waals surface area contributed by atoms with Crippen LogP contribution in [-0.4, -0.2) is 95.0 Å². The van der Waals surface area contributed by atoms with Gasteiger partial charge in [-0.15, -0.1) is 0 Å². The molecule has 49 heavy (non-hydrogen) atoms. The molecule has 18 heteroatoms. The summed E-state index contributed by atoms with van der Waals surface area (Å²) in [6.07, 6.45) is 3.12. The molecule has 0 fully saturated rings. The number of urea groups is 1. The van der Waals surface area contributed by atoms with E-state index in [1.54, 1.807) is 25.3 Å². The maximum atomic E-state index is 13.5. The first-order valence-corrected chi connectivity index (χ1v) is 15.2. The number of aromatic hydroxyl groups is 1. The molecule has 13 nitrogen and oxygen atoms in total. The van der Waals surface area contributed by atoms with E-state index in [0.717, 1.165) is 6.42 Å². The minimum absolute atomic E-state index is 0.0642. The molecule has 0 aliphatic rings. The number of amides is 2. The highest BCUT2D eigenvalue weighted by molar-refractivity contribution is 6.30. The molecule has 0 heterocycles. The highest BCUT2D eigenvalue weighted by atomic mass is 19.2. The van der Waals surface area contributed by atoms with Crippen molar-refractivity contribution in [2.75, 3.05) is 71.3 Å². The number of aryl methyl sites for hydroxylation is 1. The Kier molecular flexibility index (Phi) is 19.2. The number of carbonyl (C=O) groups is 2. The Bertz CT molecular complexity index is 1390. The van der Waals surface area contributed by atoms with Crippen molar-refractivity contribution in [3.8, 4) is 11.5 Å². The van der Waals surface area contributed by atoms with E-state index in [2.05, 4.69) is 25.5 Å². The highest BCUT2D eigenvalue weighted by Gasteiger charge is 2.28. The van der Waals surface area contributed by atoms with Gasteiger partial charge in [-0.2, -0.15) is 13.9 Å². The van der Waals surface area contributed by atoms with Crippen LogP contribution in [0.15, 0.2) is 28.3 Å². The van der Waals surface area contributed by atoms with Crippen molar-refractivity contribution in [3.05, 3.63) is 52.8 Å². The number of esters is 1. The number of nitrogens with one attached hydrogen (secondary N) is 2. The molecule has 0 saturated heterocycles. The number of phenolic OH excluding ortho intramolecular Hbond substituents is 1. The van der Waals surface area contributed by atoms with Gasteiger partial charge in [-0.25, -0.2) is 18.0 Å². The molecule has 0 radical (unpaired) electrons. The van der Waals surface area contributed by atoms with Crippen LogP contribution in [0.2, 0.25) is 0 Å². The fraction of sp³-hybridized carbons (Fsp3) is 0.484. The smallest absolute Gasteiger partial charge is 0.319 e. The van der Waals surface area contributed by atoms with E-state index in [1.165, 1.54) is 6.07 Å². The zero-order valence-electron chi connectivity index (χ0n) is 26.9. The quantitative estimate of drug-likeness (QED) is 0.0127. The normalized spacial score (nSPS) is 11.7. The van der Waals surface area contributed by atoms with Gasteiger partial charge in [-0.05, 0) is 49.9 Å². The Morgan fingerprint density at radius 2 is 1.39 bits per heavy atom. The fourth-order valence-corrected chi connectivity index (χ4v) is 3.75. The van der Waals surface area contributed by atoms with Crippen molar-refractivity contribution >= 4 is 29.6 Å². The fourth-order valence-electron chi connectivity index (χ4n) is 3.75. The van der Waals surface area contributed by atoms with Gasteiger partial charge in [0.1, 0.15) is 5.75 Å². The number of nitrogens with two attached hydrogens (primary N) is 1. The van der Waals surface area contributed by atoms with Crippen LogP contribution in [0.3, 0.4) is 0 Å². The number of unbranched alkanes of at least 4 members (excludes halogenated alkanes) is 1. The zero-order valence-corrected chi connectivity index (χ0v) is 26.9. The van der Waals surface area contributed by atoms with Crippen LogP contribution in [0.1, 0.15) is 31.2 Å². The third-order valence-electron chi connectivity index (χ3n) is 6.32. The van der Waals surface area contributed by atoms with Crippen LogP contribution in [0.25, 0.3) is 0 Å². The first kappa shape index (κ1) is 40.8. The number of hydrogen-bond acceptors (Lipinski definition) is 11. The number of halogens is 5. The Hall–Kier alpha value is -4.39. The lowest BCUT2D eigenvalue weighted by Gasteiger charge is -2.09. The second kappa shape index (κ2) is 23.0. The van der Waals surface area contributed by atoms with Crippen LogP contribution in [0.4, 0.5) is 32.4 Å². The molecule has 2 aromatic carbocycles. The van der Waals surface area contributed by atoms with Crippen molar-refractivity contribution < 1.29 is 60.3 Å². The molecule has 0 aliphatic carbocycles. The van der Waals surface area contributed by atoms with Crippen molar-refractivity contribution in [3.63, 3.8) is 0 Å². The molecule has 0 unspecified atom stereocenters. The number of rotatable bonds is 23. The summed E-state index contributed by atoms with van der Waals surface area (Å²) in [4.78, 5) is 27.9. The highest BCUT2D eigenvalue weighted by Crippen LogP contribution is 2.29. The molecule has 0 atom stereocenters. The molecule has 0 bridgehead atoms. The third-order valence-corrected chi connectivity index (χ3v) is 6.32. The van der Waals surface area contributed by atoms with Crippen molar-refractivity contribution in [1.82, 2.24) is 5.32 Å². The van der Waals surface area contributed by atoms with Gasteiger partial charge in [0, 0.05) is 18.4 Å². The summed E-state index contributed by atoms with van der Waals surface area (Å²) in [6.45, 7) is 4.13. The lowest BCUT2D eigenvalue weighted by Crippen LogP contribution is -2.29. The van der Waals surface area contributed by atoms with E-state index in [4.69, 9.17) is 24.8 Å². The topological polar surface area (TPSA) is 175 Å².